The zero-order valence-corrected chi connectivity index (χ0v) is 15.8. The van der Waals surface area contributed by atoms with Gasteiger partial charge in [-0.15, -0.1) is 0 Å². The van der Waals surface area contributed by atoms with E-state index >= 15 is 0 Å². The van der Waals surface area contributed by atoms with Crippen molar-refractivity contribution >= 4 is 21.6 Å². The second kappa shape index (κ2) is 7.74. The lowest BCUT2D eigenvalue weighted by Gasteiger charge is -2.37. The fourth-order valence-corrected chi connectivity index (χ4v) is 4.96. The van der Waals surface area contributed by atoms with Crippen LogP contribution in [0.25, 0.3) is 0 Å². The molecule has 0 aliphatic carbocycles. The van der Waals surface area contributed by atoms with Gasteiger partial charge < -0.3 is 10.1 Å². The number of ether oxygens (including phenoxy) is 1. The van der Waals surface area contributed by atoms with E-state index in [-0.39, 0.29) is 18.3 Å². The molecule has 3 rings (SSSR count). The second-order valence-electron chi connectivity index (χ2n) is 6.65. The van der Waals surface area contributed by atoms with Gasteiger partial charge >= 0.3 is 0 Å². The maximum atomic E-state index is 11.6. The predicted octanol–water partition coefficient (Wildman–Crippen LogP) is 1.95. The van der Waals surface area contributed by atoms with Crippen molar-refractivity contribution in [3.8, 4) is 0 Å². The zero-order chi connectivity index (χ0) is 17.2. The van der Waals surface area contributed by atoms with Crippen molar-refractivity contribution in [3.05, 3.63) is 29.8 Å². The Morgan fingerprint density at radius 1 is 1.29 bits per heavy atom. The molecule has 0 spiro atoms. The van der Waals surface area contributed by atoms with Gasteiger partial charge in [0.1, 0.15) is 6.23 Å². The SMILES string of the molecule is CC1NCC(c2ccc(S(C)(=O)=O)cc2)NC1OCC1CCCS1. The summed E-state index contributed by atoms with van der Waals surface area (Å²) >= 11 is 2.00. The monoisotopic (exact) mass is 370 g/mol. The third-order valence-electron chi connectivity index (χ3n) is 4.66. The Morgan fingerprint density at radius 2 is 2.04 bits per heavy atom. The van der Waals surface area contributed by atoms with Crippen LogP contribution >= 0.6 is 11.8 Å². The Hall–Kier alpha value is -0.600. The molecule has 0 bridgehead atoms. The van der Waals surface area contributed by atoms with E-state index in [1.54, 1.807) is 12.1 Å². The predicted molar refractivity (Wildman–Crippen MR) is 98.1 cm³/mol. The normalized spacial score (nSPS) is 31.2. The van der Waals surface area contributed by atoms with Crippen LogP contribution in [0.2, 0.25) is 0 Å². The van der Waals surface area contributed by atoms with Gasteiger partial charge in [-0.05, 0) is 43.2 Å². The van der Waals surface area contributed by atoms with Crippen LogP contribution < -0.4 is 10.6 Å². The van der Waals surface area contributed by atoms with E-state index in [1.165, 1.54) is 24.9 Å². The summed E-state index contributed by atoms with van der Waals surface area (Å²) in [6, 6.07) is 7.50. The summed E-state index contributed by atoms with van der Waals surface area (Å²) < 4.78 is 29.3. The number of sulfone groups is 1. The van der Waals surface area contributed by atoms with E-state index in [2.05, 4.69) is 17.6 Å². The summed E-state index contributed by atoms with van der Waals surface area (Å²) in [6.45, 7) is 3.72. The van der Waals surface area contributed by atoms with Crippen LogP contribution in [-0.2, 0) is 14.6 Å². The molecule has 24 heavy (non-hydrogen) atoms. The van der Waals surface area contributed by atoms with Crippen molar-refractivity contribution in [3.63, 3.8) is 0 Å². The van der Waals surface area contributed by atoms with E-state index in [0.29, 0.717) is 10.1 Å². The number of thioether (sulfide) groups is 1. The van der Waals surface area contributed by atoms with Crippen LogP contribution in [0.5, 0.6) is 0 Å². The topological polar surface area (TPSA) is 67.4 Å². The summed E-state index contributed by atoms with van der Waals surface area (Å²) in [4.78, 5) is 0.356. The van der Waals surface area contributed by atoms with Gasteiger partial charge in [0, 0.05) is 30.1 Å². The summed E-state index contributed by atoms with van der Waals surface area (Å²) in [5, 5.41) is 7.67. The van der Waals surface area contributed by atoms with Gasteiger partial charge in [0.25, 0.3) is 0 Å². The molecule has 0 aromatic heterocycles. The molecule has 0 amide bonds. The summed E-state index contributed by atoms with van der Waals surface area (Å²) in [6.07, 6.45) is 3.74. The lowest BCUT2D eigenvalue weighted by molar-refractivity contribution is -0.0149. The molecular formula is C17H26N2O3S2. The smallest absolute Gasteiger partial charge is 0.175 e. The molecule has 0 radical (unpaired) electrons. The third kappa shape index (κ3) is 4.52. The molecule has 4 atom stereocenters. The molecule has 2 aliphatic rings. The fourth-order valence-electron chi connectivity index (χ4n) is 3.15. The van der Waals surface area contributed by atoms with Gasteiger partial charge in [0.05, 0.1) is 11.5 Å². The molecule has 2 fully saturated rings. The Labute approximate surface area is 148 Å². The highest BCUT2D eigenvalue weighted by Crippen LogP contribution is 2.27. The molecule has 2 heterocycles. The summed E-state index contributed by atoms with van der Waals surface area (Å²) in [5.41, 5.74) is 1.07. The van der Waals surface area contributed by atoms with Gasteiger partial charge in [-0.25, -0.2) is 8.42 Å². The third-order valence-corrected chi connectivity index (χ3v) is 7.16. The summed E-state index contributed by atoms with van der Waals surface area (Å²) in [7, 11) is -3.15. The van der Waals surface area contributed by atoms with Crippen LogP contribution in [0.1, 0.15) is 31.4 Å². The first kappa shape index (κ1) is 18.2. The first-order chi connectivity index (χ1) is 11.4. The highest BCUT2D eigenvalue weighted by atomic mass is 32.2. The van der Waals surface area contributed by atoms with E-state index in [4.69, 9.17) is 4.74 Å². The van der Waals surface area contributed by atoms with E-state index in [0.717, 1.165) is 18.7 Å². The van der Waals surface area contributed by atoms with E-state index < -0.39 is 9.84 Å². The number of benzene rings is 1. The number of hydrogen-bond acceptors (Lipinski definition) is 6. The van der Waals surface area contributed by atoms with Crippen LogP contribution in [-0.4, -0.2) is 51.1 Å². The Balaban J connectivity index is 1.61. The van der Waals surface area contributed by atoms with Crippen molar-refractivity contribution in [2.75, 3.05) is 25.2 Å². The van der Waals surface area contributed by atoms with Crippen LogP contribution in [0.3, 0.4) is 0 Å². The van der Waals surface area contributed by atoms with Gasteiger partial charge in [0.2, 0.25) is 0 Å². The van der Waals surface area contributed by atoms with Crippen molar-refractivity contribution in [2.45, 2.75) is 48.2 Å². The van der Waals surface area contributed by atoms with Crippen LogP contribution in [0, 0.1) is 0 Å². The van der Waals surface area contributed by atoms with Crippen molar-refractivity contribution in [1.29, 1.82) is 0 Å². The number of hydrogen-bond donors (Lipinski definition) is 2. The number of nitrogens with one attached hydrogen (secondary N) is 2. The molecule has 4 unspecified atom stereocenters. The Bertz CT molecular complexity index is 642. The van der Waals surface area contributed by atoms with Crippen LogP contribution in [0.4, 0.5) is 0 Å². The molecule has 0 saturated carbocycles. The first-order valence-corrected chi connectivity index (χ1v) is 11.4. The lowest BCUT2D eigenvalue weighted by Crippen LogP contribution is -2.57. The van der Waals surface area contributed by atoms with E-state index in [1.807, 2.05) is 23.9 Å². The zero-order valence-electron chi connectivity index (χ0n) is 14.2. The molecular weight excluding hydrogens is 344 g/mol. The molecule has 5 nitrogen and oxygen atoms in total. The van der Waals surface area contributed by atoms with Gasteiger partial charge in [-0.1, -0.05) is 12.1 Å². The highest BCUT2D eigenvalue weighted by Gasteiger charge is 2.29. The fraction of sp³-hybridized carbons (Fsp3) is 0.647. The van der Waals surface area contributed by atoms with Gasteiger partial charge in [-0.3, -0.25) is 5.32 Å². The lowest BCUT2D eigenvalue weighted by atomic mass is 10.0. The second-order valence-corrected chi connectivity index (χ2v) is 10.1. The summed E-state index contributed by atoms with van der Waals surface area (Å²) in [5.74, 6) is 1.25. The first-order valence-electron chi connectivity index (χ1n) is 8.46. The average molecular weight is 371 g/mol. The maximum Gasteiger partial charge on any atom is 0.175 e. The largest absolute Gasteiger partial charge is 0.361 e. The van der Waals surface area contributed by atoms with Crippen molar-refractivity contribution < 1.29 is 13.2 Å². The Morgan fingerprint density at radius 3 is 2.67 bits per heavy atom. The molecule has 1 aromatic rings. The number of piperazine rings is 1. The van der Waals surface area contributed by atoms with Gasteiger partial charge in [-0.2, -0.15) is 11.8 Å². The van der Waals surface area contributed by atoms with Crippen LogP contribution in [0.15, 0.2) is 29.2 Å². The standard InChI is InChI=1S/C17H26N2O3S2/c1-12-17(22-11-14-4-3-9-23-14)19-16(10-18-12)13-5-7-15(8-6-13)24(2,20)21/h5-8,12,14,16-19H,3-4,9-11H2,1-2H3. The molecule has 1 aromatic carbocycles. The van der Waals surface area contributed by atoms with Crippen molar-refractivity contribution in [1.82, 2.24) is 10.6 Å². The minimum absolute atomic E-state index is 0.0282. The molecule has 7 heteroatoms. The average Bonchev–Trinajstić information content (AvgIpc) is 3.07. The highest BCUT2D eigenvalue weighted by molar-refractivity contribution is 8.00. The van der Waals surface area contributed by atoms with Crippen molar-refractivity contribution in [2.24, 2.45) is 0 Å². The minimum Gasteiger partial charge on any atom is -0.361 e. The van der Waals surface area contributed by atoms with E-state index in [9.17, 15) is 8.42 Å². The minimum atomic E-state index is -3.15. The molecule has 134 valence electrons. The molecule has 2 N–H and O–H groups in total. The molecule has 2 aliphatic heterocycles. The maximum absolute atomic E-state index is 11.6. The number of rotatable bonds is 5. The quantitative estimate of drug-likeness (QED) is 0.826. The van der Waals surface area contributed by atoms with Gasteiger partial charge in [0.15, 0.2) is 9.84 Å². The molecule has 2 saturated heterocycles. The Kier molecular flexibility index (Phi) is 5.87.